The number of hydrogen-bond acceptors (Lipinski definition) is 6. The highest BCUT2D eigenvalue weighted by Crippen LogP contribution is 2.14. The van der Waals surface area contributed by atoms with Crippen LogP contribution in [0.15, 0.2) is 18.5 Å². The van der Waals surface area contributed by atoms with Gasteiger partial charge in [-0.3, -0.25) is 0 Å². The van der Waals surface area contributed by atoms with Gasteiger partial charge in [0.2, 0.25) is 0 Å². The minimum absolute atomic E-state index is 0.187. The summed E-state index contributed by atoms with van der Waals surface area (Å²) in [4.78, 5) is 23.0. The Bertz CT molecular complexity index is 527. The van der Waals surface area contributed by atoms with Crippen LogP contribution in [0, 0.1) is 0 Å². The van der Waals surface area contributed by atoms with Crippen molar-refractivity contribution in [3.05, 3.63) is 24.2 Å². The van der Waals surface area contributed by atoms with Crippen molar-refractivity contribution in [3.8, 4) is 0 Å². The number of nitrogen functional groups attached to an aromatic ring is 1. The highest BCUT2D eigenvalue weighted by Gasteiger charge is 2.09. The number of anilines is 1. The zero-order valence-corrected chi connectivity index (χ0v) is 7.97. The number of carbonyl (C=O) groups excluding carboxylic acids is 1. The number of ether oxygens (including phenoxy) is 1. The molecule has 0 bridgehead atoms. The summed E-state index contributed by atoms with van der Waals surface area (Å²) in [5.41, 5.74) is 6.78. The van der Waals surface area contributed by atoms with Crippen LogP contribution in [-0.2, 0) is 4.74 Å². The number of pyridine rings is 1. The second kappa shape index (κ2) is 3.49. The summed E-state index contributed by atoms with van der Waals surface area (Å²) in [6, 6.07) is 3.17. The fourth-order valence-corrected chi connectivity index (χ4v) is 1.18. The van der Waals surface area contributed by atoms with Crippen molar-refractivity contribution in [1.82, 2.24) is 15.0 Å². The minimum atomic E-state index is -0.514. The van der Waals surface area contributed by atoms with Crippen LogP contribution in [0.5, 0.6) is 0 Å². The zero-order chi connectivity index (χ0) is 10.8. The molecular weight excluding hydrogens is 196 g/mol. The van der Waals surface area contributed by atoms with Crippen LogP contribution in [0.4, 0.5) is 5.82 Å². The van der Waals surface area contributed by atoms with Gasteiger partial charge >= 0.3 is 5.97 Å². The molecule has 76 valence electrons. The summed E-state index contributed by atoms with van der Waals surface area (Å²) in [5.74, 6) is -0.272. The topological polar surface area (TPSA) is 91.0 Å². The predicted octanol–water partition coefficient (Wildman–Crippen LogP) is 0.394. The van der Waals surface area contributed by atoms with Crippen molar-refractivity contribution in [3.63, 3.8) is 0 Å². The lowest BCUT2D eigenvalue weighted by Gasteiger charge is -2.01. The fraction of sp³-hybridized carbons (Fsp3) is 0.111. The molecule has 0 aliphatic rings. The van der Waals surface area contributed by atoms with Gasteiger partial charge in [-0.15, -0.1) is 0 Å². The molecule has 0 spiro atoms. The average Bonchev–Trinajstić information content (AvgIpc) is 2.28. The van der Waals surface area contributed by atoms with Crippen LogP contribution in [-0.4, -0.2) is 28.0 Å². The first-order valence-electron chi connectivity index (χ1n) is 4.18. The summed E-state index contributed by atoms with van der Waals surface area (Å²) in [5, 5.41) is 0. The van der Waals surface area contributed by atoms with Crippen LogP contribution in [0.25, 0.3) is 11.0 Å². The lowest BCUT2D eigenvalue weighted by atomic mass is 10.3. The van der Waals surface area contributed by atoms with Gasteiger partial charge in [0, 0.05) is 0 Å². The van der Waals surface area contributed by atoms with E-state index in [0.717, 1.165) is 0 Å². The molecular formula is C9H8N4O2. The smallest absolute Gasteiger partial charge is 0.356 e. The summed E-state index contributed by atoms with van der Waals surface area (Å²) >= 11 is 0. The van der Waals surface area contributed by atoms with E-state index in [1.165, 1.54) is 19.5 Å². The monoisotopic (exact) mass is 204 g/mol. The molecule has 0 aromatic carbocycles. The van der Waals surface area contributed by atoms with Crippen molar-refractivity contribution in [1.29, 1.82) is 0 Å². The average molecular weight is 204 g/mol. The molecule has 6 heteroatoms. The summed E-state index contributed by atoms with van der Waals surface area (Å²) in [6.45, 7) is 0. The SMILES string of the molecule is COC(=O)c1ccc2ncnc(N)c2n1. The molecule has 6 nitrogen and oxygen atoms in total. The number of fused-ring (bicyclic) bond motifs is 1. The first kappa shape index (κ1) is 9.32. The van der Waals surface area contributed by atoms with Crippen molar-refractivity contribution < 1.29 is 9.53 Å². The molecule has 2 N–H and O–H groups in total. The van der Waals surface area contributed by atoms with Crippen LogP contribution < -0.4 is 5.73 Å². The van der Waals surface area contributed by atoms with Crippen LogP contribution in [0.3, 0.4) is 0 Å². The first-order chi connectivity index (χ1) is 7.22. The van der Waals surface area contributed by atoms with E-state index >= 15 is 0 Å². The maximum atomic E-state index is 11.2. The van der Waals surface area contributed by atoms with Crippen molar-refractivity contribution >= 4 is 22.8 Å². The Hall–Kier alpha value is -2.24. The molecule has 0 aliphatic carbocycles. The van der Waals surface area contributed by atoms with Gasteiger partial charge in [-0.25, -0.2) is 19.7 Å². The fourth-order valence-electron chi connectivity index (χ4n) is 1.18. The van der Waals surface area contributed by atoms with E-state index in [2.05, 4.69) is 19.7 Å². The molecule has 2 heterocycles. The van der Waals surface area contributed by atoms with Crippen LogP contribution >= 0.6 is 0 Å². The van der Waals surface area contributed by atoms with E-state index in [0.29, 0.717) is 11.0 Å². The highest BCUT2D eigenvalue weighted by molar-refractivity contribution is 5.92. The largest absolute Gasteiger partial charge is 0.464 e. The summed E-state index contributed by atoms with van der Waals surface area (Å²) in [6.07, 6.45) is 1.34. The van der Waals surface area contributed by atoms with Gasteiger partial charge < -0.3 is 10.5 Å². The summed E-state index contributed by atoms with van der Waals surface area (Å²) < 4.78 is 4.54. The van der Waals surface area contributed by atoms with E-state index in [-0.39, 0.29) is 11.5 Å². The van der Waals surface area contributed by atoms with Gasteiger partial charge in [0.25, 0.3) is 0 Å². The standard InChI is InChI=1S/C9H8N4O2/c1-15-9(14)6-3-2-5-7(13-6)8(10)12-4-11-5/h2-4H,1H3,(H2,10,11,12). The number of rotatable bonds is 1. The molecule has 0 saturated heterocycles. The Morgan fingerprint density at radius 3 is 2.93 bits per heavy atom. The Morgan fingerprint density at radius 1 is 1.40 bits per heavy atom. The molecule has 0 unspecified atom stereocenters. The highest BCUT2D eigenvalue weighted by atomic mass is 16.5. The number of methoxy groups -OCH3 is 1. The number of carbonyl (C=O) groups is 1. The van der Waals surface area contributed by atoms with Gasteiger partial charge in [0.1, 0.15) is 17.5 Å². The number of aromatic nitrogens is 3. The molecule has 0 radical (unpaired) electrons. The molecule has 2 rings (SSSR count). The Labute approximate surface area is 85.1 Å². The predicted molar refractivity (Wildman–Crippen MR) is 53.1 cm³/mol. The summed E-state index contributed by atoms with van der Waals surface area (Å²) in [7, 11) is 1.29. The van der Waals surface area contributed by atoms with Gasteiger partial charge in [-0.1, -0.05) is 0 Å². The lowest BCUT2D eigenvalue weighted by Crippen LogP contribution is -2.05. The Kier molecular flexibility index (Phi) is 2.17. The van der Waals surface area contributed by atoms with Gasteiger partial charge in [0.05, 0.1) is 12.6 Å². The second-order valence-corrected chi connectivity index (χ2v) is 2.81. The van der Waals surface area contributed by atoms with Crippen molar-refractivity contribution in [2.45, 2.75) is 0 Å². The van der Waals surface area contributed by atoms with Crippen molar-refractivity contribution in [2.75, 3.05) is 12.8 Å². The van der Waals surface area contributed by atoms with Crippen LogP contribution in [0.2, 0.25) is 0 Å². The molecule has 0 amide bonds. The maximum Gasteiger partial charge on any atom is 0.356 e. The second-order valence-electron chi connectivity index (χ2n) is 2.81. The number of hydrogen-bond donors (Lipinski definition) is 1. The first-order valence-corrected chi connectivity index (χ1v) is 4.18. The quantitative estimate of drug-likeness (QED) is 0.676. The van der Waals surface area contributed by atoms with Gasteiger partial charge in [0.15, 0.2) is 5.82 Å². The van der Waals surface area contributed by atoms with E-state index in [1.807, 2.05) is 0 Å². The zero-order valence-electron chi connectivity index (χ0n) is 7.97. The number of nitrogens with two attached hydrogens (primary N) is 1. The molecule has 0 atom stereocenters. The molecule has 15 heavy (non-hydrogen) atoms. The Balaban J connectivity index is 2.64. The third kappa shape index (κ3) is 1.56. The van der Waals surface area contributed by atoms with Crippen molar-refractivity contribution in [2.24, 2.45) is 0 Å². The van der Waals surface area contributed by atoms with E-state index < -0.39 is 5.97 Å². The maximum absolute atomic E-state index is 11.2. The normalized spacial score (nSPS) is 10.2. The molecule has 0 fully saturated rings. The Morgan fingerprint density at radius 2 is 2.20 bits per heavy atom. The molecule has 0 aliphatic heterocycles. The third-order valence-corrected chi connectivity index (χ3v) is 1.90. The molecule has 2 aromatic rings. The van der Waals surface area contributed by atoms with Crippen LogP contribution in [0.1, 0.15) is 10.5 Å². The number of nitrogens with zero attached hydrogens (tertiary/aromatic N) is 3. The molecule has 2 aromatic heterocycles. The van der Waals surface area contributed by atoms with Gasteiger partial charge in [-0.05, 0) is 12.1 Å². The minimum Gasteiger partial charge on any atom is -0.464 e. The van der Waals surface area contributed by atoms with Gasteiger partial charge in [-0.2, -0.15) is 0 Å². The van der Waals surface area contributed by atoms with E-state index in [1.54, 1.807) is 6.07 Å². The number of esters is 1. The molecule has 0 saturated carbocycles. The third-order valence-electron chi connectivity index (χ3n) is 1.90. The lowest BCUT2D eigenvalue weighted by molar-refractivity contribution is 0.0594. The van der Waals surface area contributed by atoms with E-state index in [9.17, 15) is 4.79 Å². The van der Waals surface area contributed by atoms with E-state index in [4.69, 9.17) is 5.73 Å².